The van der Waals surface area contributed by atoms with Gasteiger partial charge in [-0.3, -0.25) is 4.79 Å². The molecule has 2 aliphatic rings. The van der Waals surface area contributed by atoms with Gasteiger partial charge < -0.3 is 10.2 Å². The van der Waals surface area contributed by atoms with Crippen molar-refractivity contribution in [1.82, 2.24) is 10.2 Å². The first-order valence-corrected chi connectivity index (χ1v) is 9.09. The standard InChI is InChI=1S/C20H27N3O/c1-15(14-23-10-3-4-11-23)16(2)22-19(24)20(8-9-20)18-7-5-6-17(12-18)13-21/h5-7,12,15-16H,3-4,8-11,14H2,1-2H3,(H,22,24). The molecule has 4 heteroatoms. The molecule has 1 aliphatic heterocycles. The molecule has 2 atom stereocenters. The van der Waals surface area contributed by atoms with E-state index in [1.165, 1.54) is 25.9 Å². The zero-order chi connectivity index (χ0) is 17.2. The molecule has 1 saturated carbocycles. The molecule has 1 N–H and O–H groups in total. The van der Waals surface area contributed by atoms with Crippen LogP contribution in [0.15, 0.2) is 24.3 Å². The lowest BCUT2D eigenvalue weighted by molar-refractivity contribution is -0.124. The van der Waals surface area contributed by atoms with Crippen LogP contribution in [0.1, 0.15) is 50.7 Å². The van der Waals surface area contributed by atoms with Gasteiger partial charge in [0.25, 0.3) is 0 Å². The van der Waals surface area contributed by atoms with Crippen LogP contribution in [0.5, 0.6) is 0 Å². The topological polar surface area (TPSA) is 56.1 Å². The number of carbonyl (C=O) groups excluding carboxylic acids is 1. The molecular weight excluding hydrogens is 298 g/mol. The summed E-state index contributed by atoms with van der Waals surface area (Å²) in [4.78, 5) is 15.4. The number of carbonyl (C=O) groups is 1. The molecule has 1 heterocycles. The van der Waals surface area contributed by atoms with Crippen LogP contribution in [0.25, 0.3) is 0 Å². The van der Waals surface area contributed by atoms with Crippen molar-refractivity contribution in [3.8, 4) is 6.07 Å². The number of amides is 1. The van der Waals surface area contributed by atoms with E-state index in [0.717, 1.165) is 24.9 Å². The number of nitriles is 1. The summed E-state index contributed by atoms with van der Waals surface area (Å²) in [7, 11) is 0. The second-order valence-electron chi connectivity index (χ2n) is 7.52. The molecule has 2 unspecified atom stereocenters. The predicted molar refractivity (Wildman–Crippen MR) is 94.5 cm³/mol. The fraction of sp³-hybridized carbons (Fsp3) is 0.600. The Morgan fingerprint density at radius 2 is 2.04 bits per heavy atom. The van der Waals surface area contributed by atoms with Crippen LogP contribution >= 0.6 is 0 Å². The van der Waals surface area contributed by atoms with E-state index in [1.54, 1.807) is 6.07 Å². The number of rotatable bonds is 6. The average Bonchev–Trinajstić information content (AvgIpc) is 3.26. The number of nitrogens with one attached hydrogen (secondary N) is 1. The first kappa shape index (κ1) is 17.0. The van der Waals surface area contributed by atoms with Gasteiger partial charge in [0.1, 0.15) is 0 Å². The lowest BCUT2D eigenvalue weighted by Gasteiger charge is -2.27. The lowest BCUT2D eigenvalue weighted by Crippen LogP contribution is -2.45. The van der Waals surface area contributed by atoms with Crippen molar-refractivity contribution in [2.45, 2.75) is 51.0 Å². The van der Waals surface area contributed by atoms with E-state index in [0.29, 0.717) is 11.5 Å². The molecule has 0 bridgehead atoms. The quantitative estimate of drug-likeness (QED) is 0.875. The van der Waals surface area contributed by atoms with Gasteiger partial charge in [-0.25, -0.2) is 0 Å². The monoisotopic (exact) mass is 325 g/mol. The largest absolute Gasteiger partial charge is 0.353 e. The third-order valence-corrected chi connectivity index (χ3v) is 5.69. The first-order chi connectivity index (χ1) is 11.5. The molecule has 24 heavy (non-hydrogen) atoms. The summed E-state index contributed by atoms with van der Waals surface area (Å²) in [6.45, 7) is 7.77. The normalized spacial score (nSPS) is 21.7. The summed E-state index contributed by atoms with van der Waals surface area (Å²) in [5, 5.41) is 12.3. The van der Waals surface area contributed by atoms with Gasteiger partial charge in [-0.1, -0.05) is 19.1 Å². The van der Waals surface area contributed by atoms with E-state index in [-0.39, 0.29) is 11.9 Å². The highest BCUT2D eigenvalue weighted by molar-refractivity contribution is 5.91. The Balaban J connectivity index is 1.62. The first-order valence-electron chi connectivity index (χ1n) is 9.09. The lowest BCUT2D eigenvalue weighted by atomic mass is 9.92. The van der Waals surface area contributed by atoms with E-state index in [1.807, 2.05) is 18.2 Å². The molecule has 1 aromatic carbocycles. The van der Waals surface area contributed by atoms with Gasteiger partial charge in [-0.15, -0.1) is 0 Å². The molecule has 1 saturated heterocycles. The van der Waals surface area contributed by atoms with Gasteiger partial charge in [0.15, 0.2) is 0 Å². The van der Waals surface area contributed by atoms with Crippen molar-refractivity contribution >= 4 is 5.91 Å². The molecule has 0 radical (unpaired) electrons. The van der Waals surface area contributed by atoms with Crippen LogP contribution < -0.4 is 5.32 Å². The Labute approximate surface area is 144 Å². The fourth-order valence-electron chi connectivity index (χ4n) is 3.68. The van der Waals surface area contributed by atoms with E-state index in [2.05, 4.69) is 30.1 Å². The van der Waals surface area contributed by atoms with Crippen molar-refractivity contribution in [1.29, 1.82) is 5.26 Å². The summed E-state index contributed by atoms with van der Waals surface area (Å²) in [5.41, 5.74) is 1.20. The van der Waals surface area contributed by atoms with Crippen LogP contribution in [-0.4, -0.2) is 36.5 Å². The van der Waals surface area contributed by atoms with Crippen LogP contribution in [0, 0.1) is 17.2 Å². The van der Waals surface area contributed by atoms with Crippen molar-refractivity contribution in [2.75, 3.05) is 19.6 Å². The highest BCUT2D eigenvalue weighted by Crippen LogP contribution is 2.48. The number of benzene rings is 1. The maximum absolute atomic E-state index is 12.9. The van der Waals surface area contributed by atoms with Gasteiger partial charge in [0.2, 0.25) is 5.91 Å². The average molecular weight is 325 g/mol. The smallest absolute Gasteiger partial charge is 0.230 e. The number of likely N-dealkylation sites (tertiary alicyclic amines) is 1. The van der Waals surface area contributed by atoms with Crippen LogP contribution in [0.4, 0.5) is 0 Å². The van der Waals surface area contributed by atoms with Gasteiger partial charge in [-0.2, -0.15) is 5.26 Å². The van der Waals surface area contributed by atoms with E-state index in [4.69, 9.17) is 5.26 Å². The van der Waals surface area contributed by atoms with Gasteiger partial charge in [0, 0.05) is 12.6 Å². The Morgan fingerprint density at radius 3 is 2.67 bits per heavy atom. The third kappa shape index (κ3) is 3.47. The van der Waals surface area contributed by atoms with E-state index in [9.17, 15) is 4.79 Å². The maximum atomic E-state index is 12.9. The molecule has 0 spiro atoms. The van der Waals surface area contributed by atoms with E-state index < -0.39 is 5.41 Å². The van der Waals surface area contributed by atoms with Crippen molar-refractivity contribution in [3.63, 3.8) is 0 Å². The Morgan fingerprint density at radius 1 is 1.33 bits per heavy atom. The summed E-state index contributed by atoms with van der Waals surface area (Å²) in [5.74, 6) is 0.562. The van der Waals surface area contributed by atoms with Gasteiger partial charge in [0.05, 0.1) is 17.0 Å². The molecule has 1 amide bonds. The highest BCUT2D eigenvalue weighted by Gasteiger charge is 2.51. The van der Waals surface area contributed by atoms with Crippen molar-refractivity contribution < 1.29 is 4.79 Å². The predicted octanol–water partition coefficient (Wildman–Crippen LogP) is 2.83. The molecule has 2 fully saturated rings. The van der Waals surface area contributed by atoms with Crippen LogP contribution in [0.3, 0.4) is 0 Å². The molecule has 0 aromatic heterocycles. The number of nitrogens with zero attached hydrogens (tertiary/aromatic N) is 2. The summed E-state index contributed by atoms with van der Waals surface area (Å²) in [6, 6.07) is 9.84. The second kappa shape index (κ2) is 6.94. The van der Waals surface area contributed by atoms with Crippen LogP contribution in [0.2, 0.25) is 0 Å². The number of hydrogen-bond acceptors (Lipinski definition) is 3. The second-order valence-corrected chi connectivity index (χ2v) is 7.52. The van der Waals surface area contributed by atoms with Gasteiger partial charge in [-0.05, 0) is 69.3 Å². The minimum atomic E-state index is -0.408. The van der Waals surface area contributed by atoms with Crippen molar-refractivity contribution in [2.24, 2.45) is 5.92 Å². The third-order valence-electron chi connectivity index (χ3n) is 5.69. The Bertz CT molecular complexity index is 639. The summed E-state index contributed by atoms with van der Waals surface area (Å²) >= 11 is 0. The number of hydrogen-bond donors (Lipinski definition) is 1. The Kier molecular flexibility index (Phi) is 4.91. The molecule has 128 valence electrons. The maximum Gasteiger partial charge on any atom is 0.230 e. The van der Waals surface area contributed by atoms with Crippen molar-refractivity contribution in [3.05, 3.63) is 35.4 Å². The fourth-order valence-corrected chi connectivity index (χ4v) is 3.68. The zero-order valence-corrected chi connectivity index (χ0v) is 14.7. The SMILES string of the molecule is CC(CN1CCCC1)C(C)NC(=O)C1(c2cccc(C#N)c2)CC1. The zero-order valence-electron chi connectivity index (χ0n) is 14.7. The summed E-state index contributed by atoms with van der Waals surface area (Å²) in [6.07, 6.45) is 4.35. The Hall–Kier alpha value is -1.86. The van der Waals surface area contributed by atoms with Gasteiger partial charge >= 0.3 is 0 Å². The minimum Gasteiger partial charge on any atom is -0.353 e. The molecule has 1 aromatic rings. The minimum absolute atomic E-state index is 0.123. The molecule has 3 rings (SSSR count). The molecular formula is C20H27N3O. The van der Waals surface area contributed by atoms with E-state index >= 15 is 0 Å². The summed E-state index contributed by atoms with van der Waals surface area (Å²) < 4.78 is 0. The highest BCUT2D eigenvalue weighted by atomic mass is 16.2. The molecule has 4 nitrogen and oxygen atoms in total. The van der Waals surface area contributed by atoms with Crippen LogP contribution in [-0.2, 0) is 10.2 Å². The molecule has 1 aliphatic carbocycles.